The number of rotatable bonds is 4. The van der Waals surface area contributed by atoms with E-state index in [0.29, 0.717) is 6.54 Å². The summed E-state index contributed by atoms with van der Waals surface area (Å²) >= 11 is 13.9. The third-order valence-electron chi connectivity index (χ3n) is 3.28. The minimum Gasteiger partial charge on any atom is -0.497 e. The van der Waals surface area contributed by atoms with Crippen LogP contribution in [0.25, 0.3) is 11.0 Å². The Bertz CT molecular complexity index is 779. The van der Waals surface area contributed by atoms with Gasteiger partial charge in [0.15, 0.2) is 0 Å². The molecule has 3 nitrogen and oxygen atoms in total. The first-order valence-electron chi connectivity index (χ1n) is 6.51. The number of aromatic nitrogens is 2. The Morgan fingerprint density at radius 2 is 2.14 bits per heavy atom. The molecule has 3 aromatic rings. The Morgan fingerprint density at radius 3 is 2.76 bits per heavy atom. The summed E-state index contributed by atoms with van der Waals surface area (Å²) in [6, 6.07) is 9.78. The maximum absolute atomic E-state index is 6.29. The molecule has 2 aromatic heterocycles. The van der Waals surface area contributed by atoms with Gasteiger partial charge in [-0.3, -0.25) is 0 Å². The van der Waals surface area contributed by atoms with Crippen LogP contribution in [0.3, 0.4) is 0 Å². The Hall–Kier alpha value is -1.23. The number of hydrogen-bond donors (Lipinski definition) is 0. The van der Waals surface area contributed by atoms with Gasteiger partial charge in [0.25, 0.3) is 0 Å². The first-order chi connectivity index (χ1) is 10.1. The van der Waals surface area contributed by atoms with E-state index in [0.717, 1.165) is 26.9 Å². The van der Waals surface area contributed by atoms with Crippen molar-refractivity contribution in [2.75, 3.05) is 7.11 Å². The molecule has 0 aliphatic rings. The molecule has 6 heteroatoms. The quantitative estimate of drug-likeness (QED) is 0.617. The molecule has 0 N–H and O–H groups in total. The zero-order valence-corrected chi connectivity index (χ0v) is 14.0. The van der Waals surface area contributed by atoms with Gasteiger partial charge in [-0.25, -0.2) is 4.98 Å². The smallest absolute Gasteiger partial charge is 0.128 e. The van der Waals surface area contributed by atoms with Crippen LogP contribution >= 0.6 is 34.5 Å². The first-order valence-corrected chi connectivity index (χ1v) is 8.14. The first kappa shape index (κ1) is 14.7. The lowest BCUT2D eigenvalue weighted by atomic mass is 10.3. The molecule has 0 fully saturated rings. The Kier molecular flexibility index (Phi) is 4.11. The summed E-state index contributed by atoms with van der Waals surface area (Å²) in [7, 11) is 1.66. The fourth-order valence-corrected chi connectivity index (χ4v) is 3.55. The Labute approximate surface area is 137 Å². The second kappa shape index (κ2) is 5.87. The SMILES string of the molecule is COc1ccc2nc(C(C)Cl)n(Cc3ccc(Cl)s3)c2c1. The molecule has 3 rings (SSSR count). The number of thiophene rings is 1. The number of nitrogens with zero attached hydrogens (tertiary/aromatic N) is 2. The van der Waals surface area contributed by atoms with Crippen LogP contribution in [0.15, 0.2) is 30.3 Å². The molecule has 1 unspecified atom stereocenters. The zero-order chi connectivity index (χ0) is 15.0. The monoisotopic (exact) mass is 340 g/mol. The molecule has 110 valence electrons. The maximum Gasteiger partial charge on any atom is 0.128 e. The molecular weight excluding hydrogens is 327 g/mol. The predicted octanol–water partition coefficient (Wildman–Crippen LogP) is 5.11. The number of alkyl halides is 1. The van der Waals surface area contributed by atoms with E-state index in [1.807, 2.05) is 37.3 Å². The van der Waals surface area contributed by atoms with Gasteiger partial charge < -0.3 is 9.30 Å². The van der Waals surface area contributed by atoms with Crippen molar-refractivity contribution in [1.82, 2.24) is 9.55 Å². The Morgan fingerprint density at radius 1 is 1.33 bits per heavy atom. The zero-order valence-electron chi connectivity index (χ0n) is 11.6. The van der Waals surface area contributed by atoms with Gasteiger partial charge in [0, 0.05) is 10.9 Å². The molecule has 1 atom stereocenters. The van der Waals surface area contributed by atoms with Crippen molar-refractivity contribution in [1.29, 1.82) is 0 Å². The van der Waals surface area contributed by atoms with Gasteiger partial charge >= 0.3 is 0 Å². The van der Waals surface area contributed by atoms with Gasteiger partial charge in [-0.15, -0.1) is 22.9 Å². The number of halogens is 2. The second-order valence-electron chi connectivity index (χ2n) is 4.73. The molecule has 1 aromatic carbocycles. The fraction of sp³-hybridized carbons (Fsp3) is 0.267. The van der Waals surface area contributed by atoms with Gasteiger partial charge in [-0.1, -0.05) is 11.6 Å². The van der Waals surface area contributed by atoms with Crippen LogP contribution in [0, 0.1) is 0 Å². The molecule has 2 heterocycles. The van der Waals surface area contributed by atoms with Crippen LogP contribution in [0.2, 0.25) is 4.34 Å². The molecule has 0 saturated carbocycles. The maximum atomic E-state index is 6.29. The van der Waals surface area contributed by atoms with Crippen molar-refractivity contribution in [3.63, 3.8) is 0 Å². The van der Waals surface area contributed by atoms with Crippen molar-refractivity contribution in [2.24, 2.45) is 0 Å². The number of hydrogen-bond acceptors (Lipinski definition) is 3. The van der Waals surface area contributed by atoms with E-state index in [-0.39, 0.29) is 5.38 Å². The van der Waals surface area contributed by atoms with E-state index in [9.17, 15) is 0 Å². The molecule has 0 radical (unpaired) electrons. The third kappa shape index (κ3) is 2.89. The lowest BCUT2D eigenvalue weighted by Crippen LogP contribution is -2.04. The molecule has 0 aliphatic heterocycles. The van der Waals surface area contributed by atoms with Gasteiger partial charge in [0.05, 0.1) is 34.4 Å². The topological polar surface area (TPSA) is 27.1 Å². The van der Waals surface area contributed by atoms with E-state index in [1.54, 1.807) is 18.4 Å². The van der Waals surface area contributed by atoms with E-state index in [2.05, 4.69) is 9.55 Å². The third-order valence-corrected chi connectivity index (χ3v) is 4.69. The number of benzene rings is 1. The molecular formula is C15H14Cl2N2OS. The highest BCUT2D eigenvalue weighted by atomic mass is 35.5. The van der Waals surface area contributed by atoms with Crippen molar-refractivity contribution in [3.05, 3.63) is 45.4 Å². The van der Waals surface area contributed by atoms with E-state index < -0.39 is 0 Å². The standard InChI is InChI=1S/C15H14Cl2N2OS/c1-9(16)15-18-12-5-3-10(20-2)7-13(12)19(15)8-11-4-6-14(17)21-11/h3-7,9H,8H2,1-2H3. The van der Waals surface area contributed by atoms with Crippen LogP contribution in [0.4, 0.5) is 0 Å². The average Bonchev–Trinajstić information content (AvgIpc) is 3.03. The normalized spacial score (nSPS) is 12.8. The van der Waals surface area contributed by atoms with Crippen LogP contribution in [0.5, 0.6) is 5.75 Å². The molecule has 0 saturated heterocycles. The molecule has 21 heavy (non-hydrogen) atoms. The molecule has 0 aliphatic carbocycles. The van der Waals surface area contributed by atoms with Gasteiger partial charge in [0.1, 0.15) is 11.6 Å². The Balaban J connectivity index is 2.14. The van der Waals surface area contributed by atoms with Crippen molar-refractivity contribution in [2.45, 2.75) is 18.8 Å². The molecule has 0 spiro atoms. The number of imidazole rings is 1. The van der Waals surface area contributed by atoms with E-state index >= 15 is 0 Å². The average molecular weight is 341 g/mol. The van der Waals surface area contributed by atoms with Crippen LogP contribution in [-0.2, 0) is 6.54 Å². The summed E-state index contributed by atoms with van der Waals surface area (Å²) < 4.78 is 8.22. The lowest BCUT2D eigenvalue weighted by Gasteiger charge is -2.09. The number of ether oxygens (including phenoxy) is 1. The van der Waals surface area contributed by atoms with Gasteiger partial charge in [0.2, 0.25) is 0 Å². The minimum absolute atomic E-state index is 0.168. The number of methoxy groups -OCH3 is 1. The summed E-state index contributed by atoms with van der Waals surface area (Å²) in [5.74, 6) is 1.66. The van der Waals surface area contributed by atoms with Crippen LogP contribution in [-0.4, -0.2) is 16.7 Å². The van der Waals surface area contributed by atoms with Crippen LogP contribution in [0.1, 0.15) is 23.0 Å². The van der Waals surface area contributed by atoms with E-state index in [1.165, 1.54) is 4.88 Å². The largest absolute Gasteiger partial charge is 0.497 e. The highest BCUT2D eigenvalue weighted by Gasteiger charge is 2.16. The van der Waals surface area contributed by atoms with Crippen molar-refractivity contribution < 1.29 is 4.74 Å². The highest BCUT2D eigenvalue weighted by molar-refractivity contribution is 7.16. The predicted molar refractivity (Wildman–Crippen MR) is 89.0 cm³/mol. The molecule has 0 amide bonds. The minimum atomic E-state index is -0.168. The second-order valence-corrected chi connectivity index (χ2v) is 7.19. The lowest BCUT2D eigenvalue weighted by molar-refractivity contribution is 0.415. The summed E-state index contributed by atoms with van der Waals surface area (Å²) in [6.07, 6.45) is 0. The van der Waals surface area contributed by atoms with Gasteiger partial charge in [-0.05, 0) is 31.2 Å². The van der Waals surface area contributed by atoms with Crippen molar-refractivity contribution >= 4 is 45.6 Å². The van der Waals surface area contributed by atoms with Crippen LogP contribution < -0.4 is 4.74 Å². The fourth-order valence-electron chi connectivity index (χ4n) is 2.31. The summed E-state index contributed by atoms with van der Waals surface area (Å²) in [4.78, 5) is 5.80. The number of fused-ring (bicyclic) bond motifs is 1. The van der Waals surface area contributed by atoms with Gasteiger partial charge in [-0.2, -0.15) is 0 Å². The van der Waals surface area contributed by atoms with E-state index in [4.69, 9.17) is 27.9 Å². The summed E-state index contributed by atoms with van der Waals surface area (Å²) in [5.41, 5.74) is 1.93. The highest BCUT2D eigenvalue weighted by Crippen LogP contribution is 2.30. The summed E-state index contributed by atoms with van der Waals surface area (Å²) in [5, 5.41) is -0.168. The summed E-state index contributed by atoms with van der Waals surface area (Å²) in [6.45, 7) is 2.63. The van der Waals surface area contributed by atoms with Crippen molar-refractivity contribution in [3.8, 4) is 5.75 Å². The molecule has 0 bridgehead atoms.